The van der Waals surface area contributed by atoms with Crippen LogP contribution in [0.4, 0.5) is 11.9 Å². The van der Waals surface area contributed by atoms with E-state index in [9.17, 15) is 5.11 Å². The summed E-state index contributed by atoms with van der Waals surface area (Å²) in [5.74, 6) is 1.53. The maximum atomic E-state index is 9.23. The van der Waals surface area contributed by atoms with E-state index in [-0.39, 0.29) is 12.7 Å². The third kappa shape index (κ3) is 2.93. The van der Waals surface area contributed by atoms with Gasteiger partial charge in [-0.1, -0.05) is 0 Å². The highest BCUT2D eigenvalue weighted by Gasteiger charge is 2.23. The Balaban J connectivity index is 1.92. The molecular weight excluding hydrogens is 274 g/mol. The number of nitrogens with one attached hydrogen (secondary N) is 1. The summed E-state index contributed by atoms with van der Waals surface area (Å²) in [7, 11) is 1.76. The normalized spacial score (nSPS) is 18.8. The lowest BCUT2D eigenvalue weighted by atomic mass is 10.3. The summed E-state index contributed by atoms with van der Waals surface area (Å²) >= 11 is 0. The minimum absolute atomic E-state index is 0.0190. The Morgan fingerprint density at radius 3 is 2.95 bits per heavy atom. The largest absolute Gasteiger partial charge is 0.394 e. The van der Waals surface area contributed by atoms with Gasteiger partial charge in [-0.05, 0) is 0 Å². The molecule has 0 bridgehead atoms. The van der Waals surface area contributed by atoms with Crippen LogP contribution in [0.25, 0.3) is 5.95 Å². The van der Waals surface area contributed by atoms with E-state index in [2.05, 4.69) is 25.3 Å². The second kappa shape index (κ2) is 6.02. The number of ether oxygens (including phenoxy) is 1. The minimum Gasteiger partial charge on any atom is -0.394 e. The number of aliphatic hydroxyl groups is 1. The van der Waals surface area contributed by atoms with Crippen LogP contribution in [0.1, 0.15) is 0 Å². The van der Waals surface area contributed by atoms with Crippen LogP contribution in [-0.2, 0) is 4.74 Å². The van der Waals surface area contributed by atoms with Crippen LogP contribution >= 0.6 is 0 Å². The van der Waals surface area contributed by atoms with E-state index in [0.717, 1.165) is 0 Å². The standard InChI is InChI=1S/C12H17N7O2/c1-13-10-15-11(18-4-5-21-9(6-18)7-20)17-12(16-10)19-3-2-14-8-19/h2-3,8-9,20H,4-7H2,1H3,(H,13,15,16,17). The first kappa shape index (κ1) is 13.7. The van der Waals surface area contributed by atoms with E-state index in [0.29, 0.717) is 37.5 Å². The molecular formula is C12H17N7O2. The fraction of sp³-hybridized carbons (Fsp3) is 0.500. The molecule has 21 heavy (non-hydrogen) atoms. The van der Waals surface area contributed by atoms with E-state index in [4.69, 9.17) is 4.74 Å². The number of nitrogens with zero attached hydrogens (tertiary/aromatic N) is 6. The van der Waals surface area contributed by atoms with Crippen molar-refractivity contribution in [2.75, 3.05) is 43.6 Å². The van der Waals surface area contributed by atoms with Gasteiger partial charge < -0.3 is 20.1 Å². The molecule has 2 aromatic rings. The summed E-state index contributed by atoms with van der Waals surface area (Å²) in [6, 6.07) is 0. The lowest BCUT2D eigenvalue weighted by Crippen LogP contribution is -2.45. The number of imidazole rings is 1. The molecule has 1 fully saturated rings. The molecule has 3 heterocycles. The van der Waals surface area contributed by atoms with E-state index < -0.39 is 0 Å². The van der Waals surface area contributed by atoms with Crippen LogP contribution in [0.2, 0.25) is 0 Å². The maximum absolute atomic E-state index is 9.23. The number of hydrogen-bond donors (Lipinski definition) is 2. The third-order valence-corrected chi connectivity index (χ3v) is 3.20. The van der Waals surface area contributed by atoms with Gasteiger partial charge in [0.1, 0.15) is 6.33 Å². The SMILES string of the molecule is CNc1nc(N2CCOC(CO)C2)nc(-n2ccnc2)n1. The number of aliphatic hydroxyl groups excluding tert-OH is 1. The first-order valence-corrected chi connectivity index (χ1v) is 6.69. The number of hydrogen-bond acceptors (Lipinski definition) is 8. The van der Waals surface area contributed by atoms with Crippen LogP contribution in [0.3, 0.4) is 0 Å². The first-order chi connectivity index (χ1) is 10.3. The van der Waals surface area contributed by atoms with Crippen LogP contribution in [0.5, 0.6) is 0 Å². The Hall–Kier alpha value is -2.26. The van der Waals surface area contributed by atoms with Gasteiger partial charge in [-0.15, -0.1) is 0 Å². The zero-order chi connectivity index (χ0) is 14.7. The van der Waals surface area contributed by atoms with E-state index in [1.54, 1.807) is 30.3 Å². The van der Waals surface area contributed by atoms with Crippen LogP contribution in [0.15, 0.2) is 18.7 Å². The predicted octanol–water partition coefficient (Wildman–Crippen LogP) is -0.703. The minimum atomic E-state index is -0.217. The Kier molecular flexibility index (Phi) is 3.93. The molecule has 0 aliphatic carbocycles. The number of morpholine rings is 1. The van der Waals surface area contributed by atoms with Gasteiger partial charge in [-0.3, -0.25) is 4.57 Å². The highest BCUT2D eigenvalue weighted by molar-refractivity contribution is 5.40. The van der Waals surface area contributed by atoms with Crippen molar-refractivity contribution in [2.45, 2.75) is 6.10 Å². The van der Waals surface area contributed by atoms with Crippen LogP contribution in [-0.4, -0.2) is 69.1 Å². The molecule has 9 heteroatoms. The number of aromatic nitrogens is 5. The fourth-order valence-corrected chi connectivity index (χ4v) is 2.11. The fourth-order valence-electron chi connectivity index (χ4n) is 2.11. The lowest BCUT2D eigenvalue weighted by molar-refractivity contribution is 0.00313. The van der Waals surface area contributed by atoms with Crippen molar-refractivity contribution in [3.63, 3.8) is 0 Å². The lowest BCUT2D eigenvalue weighted by Gasteiger charge is -2.32. The first-order valence-electron chi connectivity index (χ1n) is 6.69. The molecule has 3 rings (SSSR count). The Labute approximate surface area is 121 Å². The van der Waals surface area contributed by atoms with Gasteiger partial charge in [0, 0.05) is 32.5 Å². The van der Waals surface area contributed by atoms with Crippen LogP contribution < -0.4 is 10.2 Å². The van der Waals surface area contributed by atoms with E-state index in [1.165, 1.54) is 0 Å². The van der Waals surface area contributed by atoms with Crippen molar-refractivity contribution in [3.05, 3.63) is 18.7 Å². The monoisotopic (exact) mass is 291 g/mol. The Bertz CT molecular complexity index is 589. The van der Waals surface area contributed by atoms with Crippen molar-refractivity contribution >= 4 is 11.9 Å². The molecule has 2 aromatic heterocycles. The van der Waals surface area contributed by atoms with Crippen molar-refractivity contribution < 1.29 is 9.84 Å². The third-order valence-electron chi connectivity index (χ3n) is 3.20. The molecule has 9 nitrogen and oxygen atoms in total. The topological polar surface area (TPSA) is 101 Å². The molecule has 1 saturated heterocycles. The predicted molar refractivity (Wildman–Crippen MR) is 75.5 cm³/mol. The van der Waals surface area contributed by atoms with Gasteiger partial charge in [-0.25, -0.2) is 4.98 Å². The maximum Gasteiger partial charge on any atom is 0.241 e. The smallest absolute Gasteiger partial charge is 0.241 e. The highest BCUT2D eigenvalue weighted by Crippen LogP contribution is 2.16. The molecule has 1 aliphatic heterocycles. The molecule has 0 saturated carbocycles. The van der Waals surface area contributed by atoms with E-state index in [1.807, 2.05) is 4.90 Å². The average Bonchev–Trinajstić information content (AvgIpc) is 3.09. The summed E-state index contributed by atoms with van der Waals surface area (Å²) in [5, 5.41) is 12.2. The second-order valence-corrected chi connectivity index (χ2v) is 4.60. The van der Waals surface area contributed by atoms with Gasteiger partial charge >= 0.3 is 0 Å². The quantitative estimate of drug-likeness (QED) is 0.762. The van der Waals surface area contributed by atoms with E-state index >= 15 is 0 Å². The Morgan fingerprint density at radius 1 is 1.38 bits per heavy atom. The zero-order valence-electron chi connectivity index (χ0n) is 11.7. The Morgan fingerprint density at radius 2 is 2.24 bits per heavy atom. The number of anilines is 2. The summed E-state index contributed by atoms with van der Waals surface area (Å²) < 4.78 is 7.16. The molecule has 0 aromatic carbocycles. The van der Waals surface area contributed by atoms with Crippen molar-refractivity contribution in [2.24, 2.45) is 0 Å². The molecule has 0 amide bonds. The molecule has 1 aliphatic rings. The van der Waals surface area contributed by atoms with Gasteiger partial charge in [0.2, 0.25) is 17.8 Å². The highest BCUT2D eigenvalue weighted by atomic mass is 16.5. The molecule has 112 valence electrons. The number of rotatable bonds is 4. The van der Waals surface area contributed by atoms with Gasteiger partial charge in [0.15, 0.2) is 0 Å². The summed E-state index contributed by atoms with van der Waals surface area (Å²) in [4.78, 5) is 19.1. The molecule has 1 unspecified atom stereocenters. The van der Waals surface area contributed by atoms with Crippen molar-refractivity contribution in [3.8, 4) is 5.95 Å². The summed E-state index contributed by atoms with van der Waals surface area (Å²) in [5.41, 5.74) is 0. The summed E-state index contributed by atoms with van der Waals surface area (Å²) in [6.07, 6.45) is 4.85. The second-order valence-electron chi connectivity index (χ2n) is 4.60. The van der Waals surface area contributed by atoms with Gasteiger partial charge in [0.05, 0.1) is 19.3 Å². The van der Waals surface area contributed by atoms with Gasteiger partial charge in [0.25, 0.3) is 0 Å². The van der Waals surface area contributed by atoms with Crippen molar-refractivity contribution in [1.82, 2.24) is 24.5 Å². The zero-order valence-corrected chi connectivity index (χ0v) is 11.7. The molecule has 2 N–H and O–H groups in total. The van der Waals surface area contributed by atoms with Crippen molar-refractivity contribution in [1.29, 1.82) is 0 Å². The molecule has 0 radical (unpaired) electrons. The van der Waals surface area contributed by atoms with Crippen LogP contribution in [0, 0.1) is 0 Å². The molecule has 1 atom stereocenters. The average molecular weight is 291 g/mol. The van der Waals surface area contributed by atoms with Gasteiger partial charge in [-0.2, -0.15) is 15.0 Å². The summed E-state index contributed by atoms with van der Waals surface area (Å²) in [6.45, 7) is 1.74. The molecule has 0 spiro atoms.